The molecule has 1 saturated carbocycles. The zero-order chi connectivity index (χ0) is 14.6. The lowest BCUT2D eigenvalue weighted by molar-refractivity contribution is 0.107. The molecule has 0 saturated heterocycles. The van der Waals surface area contributed by atoms with E-state index >= 15 is 0 Å². The number of hydrogen-bond acceptors (Lipinski definition) is 5. The molecule has 0 amide bonds. The van der Waals surface area contributed by atoms with Crippen molar-refractivity contribution in [2.24, 2.45) is 0 Å². The standard InChI is InChI=1S/C12H21N3O4S/c1-19-11-4-3-10(7-11)14-20(17,18)12-8-13-15(9-12)5-2-6-16/h8-11,14,16H,2-7H2,1H3. The molecule has 1 aromatic heterocycles. The maximum Gasteiger partial charge on any atom is 0.243 e. The Bertz CT molecular complexity index is 529. The van der Waals surface area contributed by atoms with Crippen LogP contribution >= 0.6 is 0 Å². The number of aromatic nitrogens is 2. The van der Waals surface area contributed by atoms with Crippen LogP contribution in [0.5, 0.6) is 0 Å². The van der Waals surface area contributed by atoms with Crippen LogP contribution in [0.25, 0.3) is 0 Å². The van der Waals surface area contributed by atoms with Gasteiger partial charge in [-0.15, -0.1) is 0 Å². The van der Waals surface area contributed by atoms with E-state index in [1.54, 1.807) is 7.11 Å². The second-order valence-corrected chi connectivity index (χ2v) is 6.72. The first-order chi connectivity index (χ1) is 9.55. The van der Waals surface area contributed by atoms with Gasteiger partial charge in [-0.2, -0.15) is 5.10 Å². The molecule has 20 heavy (non-hydrogen) atoms. The van der Waals surface area contributed by atoms with Gasteiger partial charge in [0.05, 0.1) is 12.3 Å². The molecule has 2 atom stereocenters. The average molecular weight is 303 g/mol. The summed E-state index contributed by atoms with van der Waals surface area (Å²) in [6.07, 6.45) is 5.87. The fraction of sp³-hybridized carbons (Fsp3) is 0.750. The number of sulfonamides is 1. The summed E-state index contributed by atoms with van der Waals surface area (Å²) in [6.45, 7) is 0.557. The number of aryl methyl sites for hydroxylation is 1. The van der Waals surface area contributed by atoms with Gasteiger partial charge in [-0.25, -0.2) is 13.1 Å². The van der Waals surface area contributed by atoms with Gasteiger partial charge in [0.2, 0.25) is 10.0 Å². The topological polar surface area (TPSA) is 93.5 Å². The highest BCUT2D eigenvalue weighted by Crippen LogP contribution is 2.23. The smallest absolute Gasteiger partial charge is 0.243 e. The zero-order valence-electron chi connectivity index (χ0n) is 11.5. The largest absolute Gasteiger partial charge is 0.396 e. The highest BCUT2D eigenvalue weighted by molar-refractivity contribution is 7.89. The van der Waals surface area contributed by atoms with E-state index in [-0.39, 0.29) is 23.6 Å². The number of aliphatic hydroxyl groups excluding tert-OH is 1. The fourth-order valence-electron chi connectivity index (χ4n) is 2.39. The number of rotatable bonds is 7. The Hall–Kier alpha value is -0.960. The van der Waals surface area contributed by atoms with Crippen molar-refractivity contribution in [2.45, 2.75) is 49.3 Å². The van der Waals surface area contributed by atoms with E-state index < -0.39 is 10.0 Å². The molecule has 0 spiro atoms. The third-order valence-electron chi connectivity index (χ3n) is 3.50. The van der Waals surface area contributed by atoms with Crippen molar-refractivity contribution >= 4 is 10.0 Å². The summed E-state index contributed by atoms with van der Waals surface area (Å²) < 4.78 is 33.9. The maximum absolute atomic E-state index is 12.2. The molecule has 2 N–H and O–H groups in total. The molecule has 0 radical (unpaired) electrons. The Labute approximate surface area is 119 Å². The third-order valence-corrected chi connectivity index (χ3v) is 4.98. The Morgan fingerprint density at radius 2 is 2.35 bits per heavy atom. The lowest BCUT2D eigenvalue weighted by Gasteiger charge is -2.12. The molecule has 0 aromatic carbocycles. The summed E-state index contributed by atoms with van der Waals surface area (Å²) in [7, 11) is -1.89. The molecule has 1 aromatic rings. The molecule has 1 aliphatic rings. The van der Waals surface area contributed by atoms with Crippen molar-refractivity contribution in [1.82, 2.24) is 14.5 Å². The van der Waals surface area contributed by atoms with Crippen LogP contribution in [0.3, 0.4) is 0 Å². The van der Waals surface area contributed by atoms with Crippen molar-refractivity contribution < 1.29 is 18.3 Å². The number of nitrogens with zero attached hydrogens (tertiary/aromatic N) is 2. The lowest BCUT2D eigenvalue weighted by Crippen LogP contribution is -2.33. The Morgan fingerprint density at radius 3 is 3.00 bits per heavy atom. The highest BCUT2D eigenvalue weighted by Gasteiger charge is 2.29. The van der Waals surface area contributed by atoms with Crippen molar-refractivity contribution in [2.75, 3.05) is 13.7 Å². The summed E-state index contributed by atoms with van der Waals surface area (Å²) in [5, 5.41) is 12.7. The van der Waals surface area contributed by atoms with Gasteiger partial charge in [0.25, 0.3) is 0 Å². The van der Waals surface area contributed by atoms with E-state index in [4.69, 9.17) is 9.84 Å². The molecule has 0 aliphatic heterocycles. The van der Waals surface area contributed by atoms with E-state index in [9.17, 15) is 8.42 Å². The number of methoxy groups -OCH3 is 1. The third kappa shape index (κ3) is 3.78. The molecule has 1 heterocycles. The van der Waals surface area contributed by atoms with Crippen molar-refractivity contribution in [3.8, 4) is 0 Å². The first kappa shape index (κ1) is 15.4. The van der Waals surface area contributed by atoms with Gasteiger partial charge in [0.1, 0.15) is 4.90 Å². The number of nitrogens with one attached hydrogen (secondary N) is 1. The summed E-state index contributed by atoms with van der Waals surface area (Å²) in [5.41, 5.74) is 0. The van der Waals surface area contributed by atoms with Gasteiger partial charge in [-0.3, -0.25) is 4.68 Å². The number of aliphatic hydroxyl groups is 1. The molecule has 2 rings (SSSR count). The molecule has 2 unspecified atom stereocenters. The van der Waals surface area contributed by atoms with E-state index in [1.165, 1.54) is 17.1 Å². The molecular formula is C12H21N3O4S. The summed E-state index contributed by atoms with van der Waals surface area (Å²) in [4.78, 5) is 0.163. The second kappa shape index (κ2) is 6.66. The minimum absolute atomic E-state index is 0.0562. The van der Waals surface area contributed by atoms with Gasteiger partial charge in [-0.1, -0.05) is 0 Å². The predicted molar refractivity (Wildman–Crippen MR) is 72.7 cm³/mol. The Balaban J connectivity index is 1.98. The SMILES string of the molecule is COC1CCC(NS(=O)(=O)c2cnn(CCCO)c2)C1. The fourth-order valence-corrected chi connectivity index (χ4v) is 3.62. The average Bonchev–Trinajstić information content (AvgIpc) is 3.04. The molecular weight excluding hydrogens is 282 g/mol. The van der Waals surface area contributed by atoms with E-state index in [2.05, 4.69) is 9.82 Å². The Kier molecular flexibility index (Phi) is 5.14. The van der Waals surface area contributed by atoms with Crippen LogP contribution in [0.4, 0.5) is 0 Å². The van der Waals surface area contributed by atoms with Crippen LogP contribution < -0.4 is 4.72 Å². The van der Waals surface area contributed by atoms with Crippen LogP contribution in [-0.4, -0.2) is 49.2 Å². The first-order valence-electron chi connectivity index (χ1n) is 6.73. The van der Waals surface area contributed by atoms with Crippen LogP contribution in [0.15, 0.2) is 17.3 Å². The zero-order valence-corrected chi connectivity index (χ0v) is 12.3. The highest BCUT2D eigenvalue weighted by atomic mass is 32.2. The first-order valence-corrected chi connectivity index (χ1v) is 8.22. The van der Waals surface area contributed by atoms with Crippen LogP contribution in [-0.2, 0) is 21.3 Å². The van der Waals surface area contributed by atoms with Crippen molar-refractivity contribution in [1.29, 1.82) is 0 Å². The molecule has 8 heteroatoms. The minimum atomic E-state index is -3.53. The quantitative estimate of drug-likeness (QED) is 0.746. The normalized spacial score (nSPS) is 23.3. The monoisotopic (exact) mass is 303 g/mol. The van der Waals surface area contributed by atoms with Crippen molar-refractivity contribution in [3.05, 3.63) is 12.4 Å². The summed E-state index contributed by atoms with van der Waals surface area (Å²) in [5.74, 6) is 0. The maximum atomic E-state index is 12.2. The van der Waals surface area contributed by atoms with Gasteiger partial charge >= 0.3 is 0 Å². The molecule has 7 nitrogen and oxygen atoms in total. The summed E-state index contributed by atoms with van der Waals surface area (Å²) in [6, 6.07) is -0.0780. The Morgan fingerprint density at radius 1 is 1.55 bits per heavy atom. The van der Waals surface area contributed by atoms with Gasteiger partial charge in [-0.05, 0) is 25.7 Å². The van der Waals surface area contributed by atoms with Crippen LogP contribution in [0.1, 0.15) is 25.7 Å². The summed E-state index contributed by atoms with van der Waals surface area (Å²) >= 11 is 0. The second-order valence-electron chi connectivity index (χ2n) is 5.01. The van der Waals surface area contributed by atoms with E-state index in [1.807, 2.05) is 0 Å². The van der Waals surface area contributed by atoms with Gasteiger partial charge in [0.15, 0.2) is 0 Å². The lowest BCUT2D eigenvalue weighted by atomic mass is 10.3. The predicted octanol–water partition coefficient (Wildman–Crippen LogP) is 0.111. The van der Waals surface area contributed by atoms with E-state index in [0.29, 0.717) is 19.4 Å². The molecule has 1 fully saturated rings. The minimum Gasteiger partial charge on any atom is -0.396 e. The van der Waals surface area contributed by atoms with Crippen LogP contribution in [0.2, 0.25) is 0 Å². The molecule has 1 aliphatic carbocycles. The van der Waals surface area contributed by atoms with Crippen molar-refractivity contribution in [3.63, 3.8) is 0 Å². The number of ether oxygens (including phenoxy) is 1. The number of hydrogen-bond donors (Lipinski definition) is 2. The molecule has 114 valence electrons. The van der Waals surface area contributed by atoms with E-state index in [0.717, 1.165) is 12.8 Å². The van der Waals surface area contributed by atoms with Gasteiger partial charge < -0.3 is 9.84 Å². The van der Waals surface area contributed by atoms with Gasteiger partial charge in [0, 0.05) is 32.5 Å². The molecule has 0 bridgehead atoms. The van der Waals surface area contributed by atoms with Crippen LogP contribution in [0, 0.1) is 0 Å².